The molecule has 0 unspecified atom stereocenters. The lowest BCUT2D eigenvalue weighted by Crippen LogP contribution is -2.54. The van der Waals surface area contributed by atoms with Crippen molar-refractivity contribution in [2.24, 2.45) is 0 Å². The highest BCUT2D eigenvalue weighted by Gasteiger charge is 2.36. The van der Waals surface area contributed by atoms with Crippen LogP contribution in [0.2, 0.25) is 0 Å². The fraction of sp³-hybridized carbons (Fsp3) is 0.100. The molecule has 0 aliphatic carbocycles. The number of hydrogen-bond acceptors (Lipinski definition) is 7. The Morgan fingerprint density at radius 3 is 2.45 bits per heavy atom. The standard InChI is InChI=1S/C20H16N2O7/c1-28-14-8-6-13(7-9-14)22-19(26)15(18(25)21-20(22)27)10-12-4-2-3-5-16(12)29-11-17(23)24/h2-10H,11H2,1H3,(H,23,24)(H,21,25,27)/p-1/b15-10+. The number of imide groups is 2. The number of urea groups is 1. The number of anilines is 1. The summed E-state index contributed by atoms with van der Waals surface area (Å²) in [5, 5.41) is 12.7. The van der Waals surface area contributed by atoms with Gasteiger partial charge in [-0.05, 0) is 36.4 Å². The zero-order chi connectivity index (χ0) is 21.0. The molecule has 1 N–H and O–H groups in total. The number of carboxylic acids is 1. The molecular formula is C20H15N2O7-. The van der Waals surface area contributed by atoms with Crippen LogP contribution < -0.4 is 24.8 Å². The normalized spacial score (nSPS) is 15.3. The molecule has 3 rings (SSSR count). The van der Waals surface area contributed by atoms with Crippen LogP contribution in [-0.4, -0.2) is 37.5 Å². The largest absolute Gasteiger partial charge is 0.546 e. The van der Waals surface area contributed by atoms with Crippen LogP contribution >= 0.6 is 0 Å². The third kappa shape index (κ3) is 4.24. The van der Waals surface area contributed by atoms with Gasteiger partial charge in [0, 0.05) is 5.56 Å². The summed E-state index contributed by atoms with van der Waals surface area (Å²) in [5.41, 5.74) is 0.217. The fourth-order valence-corrected chi connectivity index (χ4v) is 2.65. The zero-order valence-electron chi connectivity index (χ0n) is 15.2. The van der Waals surface area contributed by atoms with Crippen LogP contribution in [0.15, 0.2) is 54.1 Å². The maximum absolute atomic E-state index is 12.9. The van der Waals surface area contributed by atoms with Crippen LogP contribution in [0.4, 0.5) is 10.5 Å². The first-order chi connectivity index (χ1) is 13.9. The van der Waals surface area contributed by atoms with Crippen LogP contribution in [-0.2, 0) is 14.4 Å². The molecule has 0 saturated carbocycles. The minimum atomic E-state index is -1.42. The number of para-hydroxylation sites is 1. The van der Waals surface area contributed by atoms with E-state index >= 15 is 0 Å². The number of barbiturate groups is 1. The van der Waals surface area contributed by atoms with E-state index < -0.39 is 30.4 Å². The average Bonchev–Trinajstić information content (AvgIpc) is 2.70. The molecule has 1 saturated heterocycles. The molecule has 29 heavy (non-hydrogen) atoms. The summed E-state index contributed by atoms with van der Waals surface area (Å²) in [7, 11) is 1.48. The fourth-order valence-electron chi connectivity index (χ4n) is 2.65. The Morgan fingerprint density at radius 1 is 1.10 bits per heavy atom. The first-order valence-corrected chi connectivity index (χ1v) is 8.38. The lowest BCUT2D eigenvalue weighted by molar-refractivity contribution is -0.307. The highest BCUT2D eigenvalue weighted by Crippen LogP contribution is 2.26. The van der Waals surface area contributed by atoms with Crippen molar-refractivity contribution in [2.45, 2.75) is 0 Å². The molecule has 2 aromatic rings. The van der Waals surface area contributed by atoms with Crippen molar-refractivity contribution >= 4 is 35.6 Å². The summed E-state index contributed by atoms with van der Waals surface area (Å²) in [4.78, 5) is 48.8. The second kappa shape index (κ2) is 8.26. The van der Waals surface area contributed by atoms with Crippen molar-refractivity contribution in [3.05, 3.63) is 59.7 Å². The first kappa shape index (κ1) is 19.6. The number of carboxylic acid groups (broad SMARTS) is 1. The van der Waals surface area contributed by atoms with Gasteiger partial charge in [-0.15, -0.1) is 0 Å². The van der Waals surface area contributed by atoms with Crippen LogP contribution in [0.5, 0.6) is 11.5 Å². The SMILES string of the molecule is COc1ccc(N2C(=O)NC(=O)/C(=C\c3ccccc3OCC(=O)[O-])C2=O)cc1. The van der Waals surface area contributed by atoms with Crippen molar-refractivity contribution in [3.8, 4) is 11.5 Å². The molecule has 0 radical (unpaired) electrons. The summed E-state index contributed by atoms with van der Waals surface area (Å²) in [6.45, 7) is -0.698. The Hall–Kier alpha value is -4.14. The number of rotatable bonds is 6. The predicted molar refractivity (Wildman–Crippen MR) is 98.9 cm³/mol. The van der Waals surface area contributed by atoms with Gasteiger partial charge in [0.1, 0.15) is 23.7 Å². The number of hydrogen-bond donors (Lipinski definition) is 1. The van der Waals surface area contributed by atoms with E-state index in [0.29, 0.717) is 5.75 Å². The van der Waals surface area contributed by atoms with E-state index in [4.69, 9.17) is 9.47 Å². The average molecular weight is 395 g/mol. The van der Waals surface area contributed by atoms with Crippen molar-refractivity contribution < 1.29 is 33.8 Å². The van der Waals surface area contributed by atoms with Crippen molar-refractivity contribution in [1.29, 1.82) is 0 Å². The summed E-state index contributed by atoms with van der Waals surface area (Å²) in [5.74, 6) is -2.46. The summed E-state index contributed by atoms with van der Waals surface area (Å²) >= 11 is 0. The number of nitrogens with one attached hydrogen (secondary N) is 1. The van der Waals surface area contributed by atoms with E-state index in [2.05, 4.69) is 5.32 Å². The maximum atomic E-state index is 12.9. The van der Waals surface area contributed by atoms with Gasteiger partial charge in [-0.2, -0.15) is 0 Å². The molecule has 0 spiro atoms. The number of methoxy groups -OCH3 is 1. The molecule has 1 aliphatic rings. The number of carbonyl (C=O) groups excluding carboxylic acids is 4. The number of aliphatic carboxylic acids is 1. The van der Waals surface area contributed by atoms with E-state index in [1.807, 2.05) is 0 Å². The van der Waals surface area contributed by atoms with Crippen molar-refractivity contribution in [3.63, 3.8) is 0 Å². The quantitative estimate of drug-likeness (QED) is 0.557. The first-order valence-electron chi connectivity index (χ1n) is 8.38. The van der Waals surface area contributed by atoms with Crippen molar-refractivity contribution in [1.82, 2.24) is 5.32 Å². The molecule has 0 bridgehead atoms. The van der Waals surface area contributed by atoms with Crippen LogP contribution in [0, 0.1) is 0 Å². The smallest absolute Gasteiger partial charge is 0.335 e. The summed E-state index contributed by atoms with van der Waals surface area (Å²) in [6, 6.07) is 11.5. The van der Waals surface area contributed by atoms with Gasteiger partial charge >= 0.3 is 6.03 Å². The summed E-state index contributed by atoms with van der Waals surface area (Å²) < 4.78 is 10.2. The molecule has 2 aromatic carbocycles. The highest BCUT2D eigenvalue weighted by atomic mass is 16.5. The molecule has 1 fully saturated rings. The Balaban J connectivity index is 1.96. The topological polar surface area (TPSA) is 125 Å². The van der Waals surface area contributed by atoms with Gasteiger partial charge < -0.3 is 19.4 Å². The summed E-state index contributed by atoms with van der Waals surface area (Å²) in [6.07, 6.45) is 1.23. The predicted octanol–water partition coefficient (Wildman–Crippen LogP) is 0.490. The lowest BCUT2D eigenvalue weighted by Gasteiger charge is -2.26. The van der Waals surface area contributed by atoms with Gasteiger partial charge in [0.15, 0.2) is 0 Å². The van der Waals surface area contributed by atoms with E-state index in [1.165, 1.54) is 37.5 Å². The van der Waals surface area contributed by atoms with Gasteiger partial charge in [0.25, 0.3) is 11.8 Å². The highest BCUT2D eigenvalue weighted by molar-refractivity contribution is 6.39. The minimum Gasteiger partial charge on any atom is -0.546 e. The molecule has 9 nitrogen and oxygen atoms in total. The second-order valence-corrected chi connectivity index (χ2v) is 5.85. The van der Waals surface area contributed by atoms with Crippen LogP contribution in [0.3, 0.4) is 0 Å². The number of benzene rings is 2. The number of amides is 4. The van der Waals surface area contributed by atoms with E-state index in [0.717, 1.165) is 4.90 Å². The Labute approximate surface area is 165 Å². The minimum absolute atomic E-state index is 0.137. The van der Waals surface area contributed by atoms with E-state index in [1.54, 1.807) is 24.3 Å². The molecule has 0 aromatic heterocycles. The molecule has 148 valence electrons. The Morgan fingerprint density at radius 2 is 1.79 bits per heavy atom. The van der Waals surface area contributed by atoms with Gasteiger partial charge in [-0.3, -0.25) is 14.9 Å². The maximum Gasteiger partial charge on any atom is 0.335 e. The Kier molecular flexibility index (Phi) is 5.59. The molecule has 9 heteroatoms. The molecule has 0 atom stereocenters. The number of carbonyl (C=O) groups is 4. The van der Waals surface area contributed by atoms with Crippen molar-refractivity contribution in [2.75, 3.05) is 18.6 Å². The van der Waals surface area contributed by atoms with Gasteiger partial charge in [-0.1, -0.05) is 18.2 Å². The molecule has 4 amide bonds. The van der Waals surface area contributed by atoms with Gasteiger partial charge in [-0.25, -0.2) is 9.69 Å². The lowest BCUT2D eigenvalue weighted by atomic mass is 10.1. The third-order valence-corrected chi connectivity index (χ3v) is 4.00. The monoisotopic (exact) mass is 395 g/mol. The zero-order valence-corrected chi connectivity index (χ0v) is 15.2. The van der Waals surface area contributed by atoms with Crippen LogP contribution in [0.1, 0.15) is 5.56 Å². The second-order valence-electron chi connectivity index (χ2n) is 5.85. The molecular weight excluding hydrogens is 380 g/mol. The molecule has 1 heterocycles. The van der Waals surface area contributed by atoms with Gasteiger partial charge in [0.05, 0.1) is 18.8 Å². The van der Waals surface area contributed by atoms with Gasteiger partial charge in [0.2, 0.25) is 0 Å². The van der Waals surface area contributed by atoms with E-state index in [-0.39, 0.29) is 22.6 Å². The number of nitrogens with zero attached hydrogens (tertiary/aromatic N) is 1. The van der Waals surface area contributed by atoms with Crippen LogP contribution in [0.25, 0.3) is 6.08 Å². The number of ether oxygens (including phenoxy) is 2. The third-order valence-electron chi connectivity index (χ3n) is 4.00. The molecule has 1 aliphatic heterocycles. The van der Waals surface area contributed by atoms with E-state index in [9.17, 15) is 24.3 Å². The Bertz CT molecular complexity index is 1010.